The lowest BCUT2D eigenvalue weighted by atomic mass is 10.1. The fraction of sp³-hybridized carbons (Fsp3) is 0.545. The van der Waals surface area contributed by atoms with Crippen LogP contribution < -0.4 is 19.5 Å². The van der Waals surface area contributed by atoms with Crippen molar-refractivity contribution in [2.24, 2.45) is 0 Å². The molecule has 31 heavy (non-hydrogen) atoms. The minimum absolute atomic E-state index is 0.323. The zero-order chi connectivity index (χ0) is 22.8. The predicted octanol–water partition coefficient (Wildman–Crippen LogP) is 3.85. The Balaban J connectivity index is 2.02. The molecule has 9 heteroatoms. The van der Waals surface area contributed by atoms with Gasteiger partial charge in [0.1, 0.15) is 5.82 Å². The minimum Gasteiger partial charge on any atom is -0.490 e. The number of hydrogen-bond acceptors (Lipinski definition) is 6. The molecule has 2 heterocycles. The average molecular weight is 450 g/mol. The Morgan fingerprint density at radius 3 is 2.16 bits per heavy atom. The van der Waals surface area contributed by atoms with Gasteiger partial charge in [-0.15, -0.1) is 0 Å². The van der Waals surface area contributed by atoms with Gasteiger partial charge in [0.25, 0.3) is 5.91 Å². The van der Waals surface area contributed by atoms with Crippen molar-refractivity contribution in [2.75, 3.05) is 25.1 Å². The molecule has 1 aliphatic heterocycles. The zero-order valence-electron chi connectivity index (χ0n) is 19.0. The molecule has 0 spiro atoms. The number of rotatable bonds is 8. The highest BCUT2D eigenvalue weighted by Gasteiger charge is 2.32. The van der Waals surface area contributed by atoms with E-state index in [-0.39, 0.29) is 11.4 Å². The van der Waals surface area contributed by atoms with Crippen LogP contribution in [0.2, 0.25) is 0 Å². The Bertz CT molecular complexity index is 967. The third-order valence-corrected chi connectivity index (χ3v) is 5.91. The van der Waals surface area contributed by atoms with Crippen LogP contribution >= 0.6 is 0 Å². The summed E-state index contributed by atoms with van der Waals surface area (Å²) in [6.45, 7) is 12.9. The van der Waals surface area contributed by atoms with E-state index >= 15 is 0 Å². The molecule has 1 atom stereocenters. The van der Waals surface area contributed by atoms with Crippen LogP contribution in [0.1, 0.15) is 63.2 Å². The molecule has 0 unspecified atom stereocenters. The number of nitrogens with one attached hydrogen (secondary N) is 1. The van der Waals surface area contributed by atoms with Crippen LogP contribution in [0.5, 0.6) is 17.2 Å². The summed E-state index contributed by atoms with van der Waals surface area (Å²) >= 11 is 0. The molecule has 0 saturated heterocycles. The molecule has 0 saturated carbocycles. The number of nitrogens with zero attached hydrogens (tertiary/aromatic N) is 2. The SMILES string of the molecule is CCOc1cc(C(=O)Nc2c3c(nn2C(C)(C)C)C[S@@](=O)C3)cc(OCC)c1OCC. The molecule has 8 nitrogen and oxygen atoms in total. The minimum atomic E-state index is -0.995. The molecule has 1 amide bonds. The second-order valence-corrected chi connectivity index (χ2v) is 9.60. The maximum atomic E-state index is 13.3. The smallest absolute Gasteiger partial charge is 0.257 e. The fourth-order valence-corrected chi connectivity index (χ4v) is 4.71. The first-order valence-electron chi connectivity index (χ1n) is 10.5. The topological polar surface area (TPSA) is 91.7 Å². The van der Waals surface area contributed by atoms with E-state index in [2.05, 4.69) is 10.4 Å². The number of benzene rings is 1. The lowest BCUT2D eigenvalue weighted by Gasteiger charge is -2.23. The van der Waals surface area contributed by atoms with E-state index in [1.165, 1.54) is 0 Å². The van der Waals surface area contributed by atoms with Gasteiger partial charge in [-0.25, -0.2) is 4.68 Å². The first kappa shape index (κ1) is 23.1. The Kier molecular flexibility index (Phi) is 6.93. The molecule has 0 radical (unpaired) electrons. The van der Waals surface area contributed by atoms with E-state index in [0.717, 1.165) is 11.3 Å². The third kappa shape index (κ3) is 4.87. The summed E-state index contributed by atoms with van der Waals surface area (Å²) in [6, 6.07) is 3.31. The molecule has 1 aromatic heterocycles. The lowest BCUT2D eigenvalue weighted by molar-refractivity contribution is 0.102. The van der Waals surface area contributed by atoms with Crippen LogP contribution in [0.25, 0.3) is 0 Å². The molecule has 1 aromatic carbocycles. The molecule has 2 aromatic rings. The number of carbonyl (C=O) groups excluding carboxylic acids is 1. The van der Waals surface area contributed by atoms with E-state index in [0.29, 0.717) is 60.0 Å². The fourth-order valence-electron chi connectivity index (χ4n) is 3.44. The maximum absolute atomic E-state index is 13.3. The summed E-state index contributed by atoms with van der Waals surface area (Å²) in [5.41, 5.74) is 1.65. The molecular formula is C22H31N3O5S. The molecule has 170 valence electrons. The van der Waals surface area contributed by atoms with Crippen molar-refractivity contribution in [1.29, 1.82) is 0 Å². The van der Waals surface area contributed by atoms with Crippen LogP contribution in [-0.4, -0.2) is 39.7 Å². The summed E-state index contributed by atoms with van der Waals surface area (Å²) in [4.78, 5) is 13.3. The van der Waals surface area contributed by atoms with Crippen molar-refractivity contribution in [3.05, 3.63) is 29.0 Å². The predicted molar refractivity (Wildman–Crippen MR) is 121 cm³/mol. The van der Waals surface area contributed by atoms with Crippen molar-refractivity contribution in [1.82, 2.24) is 9.78 Å². The Morgan fingerprint density at radius 1 is 1.06 bits per heavy atom. The van der Waals surface area contributed by atoms with E-state index < -0.39 is 10.8 Å². The van der Waals surface area contributed by atoms with Gasteiger partial charge in [0, 0.05) is 21.9 Å². The second kappa shape index (κ2) is 9.30. The monoisotopic (exact) mass is 449 g/mol. The van der Waals surface area contributed by atoms with Crippen LogP contribution in [0.15, 0.2) is 12.1 Å². The largest absolute Gasteiger partial charge is 0.490 e. The average Bonchev–Trinajstić information content (AvgIpc) is 3.21. The van der Waals surface area contributed by atoms with E-state index in [9.17, 15) is 9.00 Å². The highest BCUT2D eigenvalue weighted by Crippen LogP contribution is 2.40. The van der Waals surface area contributed by atoms with Crippen LogP contribution in [0.4, 0.5) is 5.82 Å². The number of carbonyl (C=O) groups is 1. The van der Waals surface area contributed by atoms with Crippen molar-refractivity contribution >= 4 is 22.5 Å². The Hall–Kier alpha value is -2.55. The molecule has 3 rings (SSSR count). The van der Waals surface area contributed by atoms with Gasteiger partial charge in [-0.1, -0.05) is 0 Å². The van der Waals surface area contributed by atoms with Crippen molar-refractivity contribution in [3.63, 3.8) is 0 Å². The Labute approximate surface area is 185 Å². The van der Waals surface area contributed by atoms with Gasteiger partial charge in [0.15, 0.2) is 11.5 Å². The van der Waals surface area contributed by atoms with Gasteiger partial charge in [-0.05, 0) is 53.7 Å². The van der Waals surface area contributed by atoms with Crippen LogP contribution in [-0.2, 0) is 27.8 Å². The van der Waals surface area contributed by atoms with Gasteiger partial charge < -0.3 is 19.5 Å². The van der Waals surface area contributed by atoms with Crippen LogP contribution in [0, 0.1) is 0 Å². The van der Waals surface area contributed by atoms with Gasteiger partial charge in [0.05, 0.1) is 42.6 Å². The van der Waals surface area contributed by atoms with E-state index in [1.807, 2.05) is 41.5 Å². The van der Waals surface area contributed by atoms with Gasteiger partial charge in [-0.2, -0.15) is 5.10 Å². The summed E-state index contributed by atoms with van der Waals surface area (Å²) in [6.07, 6.45) is 0. The number of hydrogen-bond donors (Lipinski definition) is 1. The maximum Gasteiger partial charge on any atom is 0.257 e. The molecule has 0 bridgehead atoms. The molecule has 0 aliphatic carbocycles. The van der Waals surface area contributed by atoms with Crippen molar-refractivity contribution in [3.8, 4) is 17.2 Å². The van der Waals surface area contributed by atoms with Gasteiger partial charge in [-0.3, -0.25) is 9.00 Å². The summed E-state index contributed by atoms with van der Waals surface area (Å²) in [5, 5.41) is 7.63. The summed E-state index contributed by atoms with van der Waals surface area (Å²) in [7, 11) is -0.995. The molecule has 0 fully saturated rings. The number of amides is 1. The highest BCUT2D eigenvalue weighted by molar-refractivity contribution is 7.83. The normalized spacial score (nSPS) is 15.5. The zero-order valence-corrected chi connectivity index (χ0v) is 19.9. The lowest BCUT2D eigenvalue weighted by Crippen LogP contribution is -2.27. The number of fused-ring (bicyclic) bond motifs is 1. The first-order chi connectivity index (χ1) is 14.7. The standard InChI is InChI=1S/C22H31N3O5S/c1-7-28-17-10-14(11-18(29-8-2)19(17)30-9-3)21(26)23-20-15-12-31(27)13-16(15)24-25(20)22(4,5)6/h10-11H,7-9,12-13H2,1-6H3,(H,23,26)/t31-/m0/s1. The van der Waals surface area contributed by atoms with Gasteiger partial charge in [0.2, 0.25) is 5.75 Å². The quantitative estimate of drug-likeness (QED) is 0.658. The van der Waals surface area contributed by atoms with Crippen molar-refractivity contribution in [2.45, 2.75) is 58.6 Å². The Morgan fingerprint density at radius 2 is 1.65 bits per heavy atom. The summed E-state index contributed by atoms with van der Waals surface area (Å²) < 4.78 is 31.0. The summed E-state index contributed by atoms with van der Waals surface area (Å²) in [5.74, 6) is 2.46. The van der Waals surface area contributed by atoms with E-state index in [4.69, 9.17) is 14.2 Å². The molecule has 1 aliphatic rings. The van der Waals surface area contributed by atoms with Crippen molar-refractivity contribution < 1.29 is 23.2 Å². The first-order valence-corrected chi connectivity index (χ1v) is 12.0. The number of anilines is 1. The third-order valence-electron chi connectivity index (χ3n) is 4.71. The van der Waals surface area contributed by atoms with Gasteiger partial charge >= 0.3 is 0 Å². The molecule has 1 N–H and O–H groups in total. The molecular weight excluding hydrogens is 418 g/mol. The second-order valence-electron chi connectivity index (χ2n) is 8.14. The highest BCUT2D eigenvalue weighted by atomic mass is 32.2. The number of ether oxygens (including phenoxy) is 3. The van der Waals surface area contributed by atoms with E-state index in [1.54, 1.807) is 16.8 Å². The van der Waals surface area contributed by atoms with Crippen LogP contribution in [0.3, 0.4) is 0 Å². The number of aromatic nitrogens is 2.